The molecule has 0 radical (unpaired) electrons. The van der Waals surface area contributed by atoms with E-state index in [9.17, 15) is 9.18 Å². The smallest absolute Gasteiger partial charge is 0.338 e. The van der Waals surface area contributed by atoms with Gasteiger partial charge in [-0.05, 0) is 30.0 Å². The number of hydrogen-bond acceptors (Lipinski definition) is 2. The maximum atomic E-state index is 13.1. The van der Waals surface area contributed by atoms with Crippen LogP contribution in [0.25, 0.3) is 0 Å². The second kappa shape index (κ2) is 5.17. The van der Waals surface area contributed by atoms with E-state index in [1.54, 1.807) is 0 Å². The number of benzene rings is 1. The zero-order chi connectivity index (χ0) is 13.1. The Morgan fingerprint density at radius 3 is 2.59 bits per heavy atom. The second-order valence-corrected chi connectivity index (χ2v) is 5.11. The Balaban J connectivity index is 2.67. The molecule has 0 heterocycles. The average Bonchev–Trinajstić information content (AvgIpc) is 2.18. The molecule has 0 aromatic heterocycles. The first-order chi connectivity index (χ1) is 7.79. The van der Waals surface area contributed by atoms with Crippen molar-refractivity contribution in [1.29, 1.82) is 0 Å². The van der Waals surface area contributed by atoms with Gasteiger partial charge in [-0.2, -0.15) is 0 Å². The minimum Gasteiger partial charge on any atom is -0.494 e. The van der Waals surface area contributed by atoms with Crippen LogP contribution in [-0.2, 0) is 0 Å². The van der Waals surface area contributed by atoms with Gasteiger partial charge in [0.2, 0.25) is 0 Å². The van der Waals surface area contributed by atoms with Crippen LogP contribution >= 0.6 is 0 Å². The predicted octanol–water partition coefficient (Wildman–Crippen LogP) is 3.34. The molecule has 1 N–H and O–H groups in total. The number of rotatable bonds is 4. The summed E-state index contributed by atoms with van der Waals surface area (Å²) in [6, 6.07) is 3.75. The number of halogens is 1. The van der Waals surface area contributed by atoms with Crippen LogP contribution in [0.2, 0.25) is 0 Å². The maximum Gasteiger partial charge on any atom is 0.338 e. The Morgan fingerprint density at radius 2 is 2.06 bits per heavy atom. The summed E-state index contributed by atoms with van der Waals surface area (Å²) in [5, 5.41) is 8.75. The molecule has 0 spiro atoms. The third-order valence-electron chi connectivity index (χ3n) is 2.29. The standard InChI is InChI=1S/C13H17FO3/c1-13(2,3)6-7-17-9-4-5-11(14)10(8-9)12(15)16/h4-5,8H,6-7H2,1-3H3,(H,15,16). The van der Waals surface area contributed by atoms with E-state index in [0.717, 1.165) is 12.5 Å². The highest BCUT2D eigenvalue weighted by Gasteiger charge is 2.13. The fraction of sp³-hybridized carbons (Fsp3) is 0.462. The van der Waals surface area contributed by atoms with Crippen molar-refractivity contribution in [2.75, 3.05) is 6.61 Å². The molecule has 0 saturated heterocycles. The maximum absolute atomic E-state index is 13.1. The van der Waals surface area contributed by atoms with Gasteiger partial charge in [0.15, 0.2) is 0 Å². The van der Waals surface area contributed by atoms with Gasteiger partial charge >= 0.3 is 5.97 Å². The monoisotopic (exact) mass is 240 g/mol. The van der Waals surface area contributed by atoms with Crippen molar-refractivity contribution in [3.8, 4) is 5.75 Å². The number of hydrogen-bond donors (Lipinski definition) is 1. The van der Waals surface area contributed by atoms with Crippen molar-refractivity contribution in [2.45, 2.75) is 27.2 Å². The van der Waals surface area contributed by atoms with Crippen molar-refractivity contribution in [1.82, 2.24) is 0 Å². The van der Waals surface area contributed by atoms with Crippen LogP contribution < -0.4 is 4.74 Å². The lowest BCUT2D eigenvalue weighted by Crippen LogP contribution is -2.11. The van der Waals surface area contributed by atoms with Crippen LogP contribution in [0.5, 0.6) is 5.75 Å². The topological polar surface area (TPSA) is 46.5 Å². The quantitative estimate of drug-likeness (QED) is 0.878. The van der Waals surface area contributed by atoms with Gasteiger partial charge in [0.05, 0.1) is 12.2 Å². The van der Waals surface area contributed by atoms with Crippen molar-refractivity contribution >= 4 is 5.97 Å². The molecule has 0 aliphatic carbocycles. The highest BCUT2D eigenvalue weighted by molar-refractivity contribution is 5.88. The zero-order valence-corrected chi connectivity index (χ0v) is 10.3. The fourth-order valence-electron chi connectivity index (χ4n) is 1.23. The molecular formula is C13H17FO3. The molecule has 1 aromatic carbocycles. The summed E-state index contributed by atoms with van der Waals surface area (Å²) in [4.78, 5) is 10.7. The molecule has 0 amide bonds. The molecule has 0 aliphatic rings. The molecule has 17 heavy (non-hydrogen) atoms. The highest BCUT2D eigenvalue weighted by Crippen LogP contribution is 2.21. The molecule has 1 aromatic rings. The van der Waals surface area contributed by atoms with E-state index in [4.69, 9.17) is 9.84 Å². The first kappa shape index (κ1) is 13.5. The minimum absolute atomic E-state index is 0.148. The molecule has 0 saturated carbocycles. The molecule has 0 unspecified atom stereocenters. The van der Waals surface area contributed by atoms with Gasteiger partial charge in [0.25, 0.3) is 0 Å². The number of aromatic carboxylic acids is 1. The molecule has 1 rings (SSSR count). The predicted molar refractivity (Wildman–Crippen MR) is 62.9 cm³/mol. The van der Waals surface area contributed by atoms with E-state index in [2.05, 4.69) is 20.8 Å². The largest absolute Gasteiger partial charge is 0.494 e. The minimum atomic E-state index is -1.29. The third-order valence-corrected chi connectivity index (χ3v) is 2.29. The van der Waals surface area contributed by atoms with Crippen LogP contribution in [-0.4, -0.2) is 17.7 Å². The first-order valence-electron chi connectivity index (χ1n) is 5.45. The summed E-state index contributed by atoms with van der Waals surface area (Å²) >= 11 is 0. The van der Waals surface area contributed by atoms with Gasteiger partial charge in [-0.1, -0.05) is 20.8 Å². The lowest BCUT2D eigenvalue weighted by atomic mass is 9.93. The van der Waals surface area contributed by atoms with Crippen LogP contribution in [0.15, 0.2) is 18.2 Å². The highest BCUT2D eigenvalue weighted by atomic mass is 19.1. The molecule has 0 bridgehead atoms. The first-order valence-corrected chi connectivity index (χ1v) is 5.45. The normalized spacial score (nSPS) is 11.3. The molecule has 3 nitrogen and oxygen atoms in total. The summed E-state index contributed by atoms with van der Waals surface area (Å²) in [6.45, 7) is 6.74. The second-order valence-electron chi connectivity index (χ2n) is 5.11. The molecule has 0 atom stereocenters. The molecule has 94 valence electrons. The zero-order valence-electron chi connectivity index (χ0n) is 10.3. The Morgan fingerprint density at radius 1 is 1.41 bits per heavy atom. The van der Waals surface area contributed by atoms with E-state index >= 15 is 0 Å². The SMILES string of the molecule is CC(C)(C)CCOc1ccc(F)c(C(=O)O)c1. The number of ether oxygens (including phenoxy) is 1. The number of carbonyl (C=O) groups is 1. The van der Waals surface area contributed by atoms with Crippen LogP contribution in [0.3, 0.4) is 0 Å². The molecular weight excluding hydrogens is 223 g/mol. The van der Waals surface area contributed by atoms with Gasteiger partial charge in [0.1, 0.15) is 11.6 Å². The van der Waals surface area contributed by atoms with Crippen LogP contribution in [0, 0.1) is 11.2 Å². The fourth-order valence-corrected chi connectivity index (χ4v) is 1.23. The van der Waals surface area contributed by atoms with Crippen molar-refractivity contribution < 1.29 is 19.0 Å². The average molecular weight is 240 g/mol. The third kappa shape index (κ3) is 4.43. The van der Waals surface area contributed by atoms with Gasteiger partial charge in [-0.3, -0.25) is 0 Å². The van der Waals surface area contributed by atoms with Gasteiger partial charge in [-0.25, -0.2) is 9.18 Å². The summed E-state index contributed by atoms with van der Waals surface area (Å²) in [7, 11) is 0. The Bertz CT molecular complexity index is 408. The van der Waals surface area contributed by atoms with Crippen LogP contribution in [0.4, 0.5) is 4.39 Å². The summed E-state index contributed by atoms with van der Waals surface area (Å²) in [5.41, 5.74) is -0.214. The summed E-state index contributed by atoms with van der Waals surface area (Å²) in [5.74, 6) is -1.66. The number of carboxylic acid groups (broad SMARTS) is 1. The number of carboxylic acids is 1. The summed E-state index contributed by atoms with van der Waals surface area (Å²) in [6.07, 6.45) is 0.840. The van der Waals surface area contributed by atoms with E-state index in [1.807, 2.05) is 0 Å². The van der Waals surface area contributed by atoms with E-state index in [1.165, 1.54) is 12.1 Å². The van der Waals surface area contributed by atoms with Crippen LogP contribution in [0.1, 0.15) is 37.6 Å². The lowest BCUT2D eigenvalue weighted by Gasteiger charge is -2.18. The van der Waals surface area contributed by atoms with E-state index < -0.39 is 11.8 Å². The van der Waals surface area contributed by atoms with Gasteiger partial charge < -0.3 is 9.84 Å². The molecule has 0 aliphatic heterocycles. The van der Waals surface area contributed by atoms with Gasteiger partial charge in [-0.15, -0.1) is 0 Å². The Kier molecular flexibility index (Phi) is 4.10. The Hall–Kier alpha value is -1.58. The van der Waals surface area contributed by atoms with E-state index in [-0.39, 0.29) is 11.0 Å². The van der Waals surface area contributed by atoms with Crippen molar-refractivity contribution in [3.05, 3.63) is 29.6 Å². The van der Waals surface area contributed by atoms with Gasteiger partial charge in [0, 0.05) is 0 Å². The summed E-state index contributed by atoms with van der Waals surface area (Å²) < 4.78 is 18.5. The molecule has 4 heteroatoms. The molecule has 0 fully saturated rings. The Labute approximate surface area is 100 Å². The van der Waals surface area contributed by atoms with Crippen molar-refractivity contribution in [2.24, 2.45) is 5.41 Å². The van der Waals surface area contributed by atoms with E-state index in [0.29, 0.717) is 12.4 Å². The lowest BCUT2D eigenvalue weighted by molar-refractivity contribution is 0.0691. The van der Waals surface area contributed by atoms with Crippen molar-refractivity contribution in [3.63, 3.8) is 0 Å².